The van der Waals surface area contributed by atoms with Crippen molar-refractivity contribution in [1.82, 2.24) is 24.9 Å². The van der Waals surface area contributed by atoms with Crippen LogP contribution in [0.2, 0.25) is 0 Å². The summed E-state index contributed by atoms with van der Waals surface area (Å²) >= 11 is 1.56. The van der Waals surface area contributed by atoms with E-state index in [1.807, 2.05) is 40.9 Å². The number of carbonyl (C=O) groups is 2. The summed E-state index contributed by atoms with van der Waals surface area (Å²) in [7, 11) is 1.60. The number of imidazole rings is 1. The summed E-state index contributed by atoms with van der Waals surface area (Å²) in [5.74, 6) is -0.173. The van der Waals surface area contributed by atoms with Gasteiger partial charge in [0.1, 0.15) is 0 Å². The predicted molar refractivity (Wildman–Crippen MR) is 145 cm³/mol. The Labute approximate surface area is 215 Å². The number of hydrogen-bond acceptors (Lipinski definition) is 6. The van der Waals surface area contributed by atoms with Crippen molar-refractivity contribution in [2.45, 2.75) is 20.3 Å². The van der Waals surface area contributed by atoms with Crippen molar-refractivity contribution >= 4 is 38.3 Å². The lowest BCUT2D eigenvalue weighted by molar-refractivity contribution is 0.0933. The smallest absolute Gasteiger partial charge is 0.251 e. The molecule has 0 aliphatic rings. The van der Waals surface area contributed by atoms with E-state index in [1.54, 1.807) is 30.6 Å². The summed E-state index contributed by atoms with van der Waals surface area (Å²) in [5, 5.41) is 5.85. The quantitative estimate of drug-likeness (QED) is 0.283. The van der Waals surface area contributed by atoms with Crippen molar-refractivity contribution in [3.63, 3.8) is 0 Å². The van der Waals surface area contributed by atoms with Gasteiger partial charge in [-0.05, 0) is 56.4 Å². The van der Waals surface area contributed by atoms with Crippen LogP contribution in [0.15, 0.2) is 48.7 Å². The van der Waals surface area contributed by atoms with E-state index in [0.717, 1.165) is 52.5 Å². The van der Waals surface area contributed by atoms with Crippen molar-refractivity contribution in [1.29, 1.82) is 0 Å². The molecule has 2 heterocycles. The molecular formula is C27H33N5O3S. The molecule has 0 unspecified atom stereocenters. The van der Waals surface area contributed by atoms with Gasteiger partial charge in [-0.2, -0.15) is 0 Å². The van der Waals surface area contributed by atoms with E-state index < -0.39 is 0 Å². The van der Waals surface area contributed by atoms with Crippen LogP contribution in [0.4, 0.5) is 0 Å². The van der Waals surface area contributed by atoms with Crippen LogP contribution in [0.25, 0.3) is 26.4 Å². The average Bonchev–Trinajstić information content (AvgIpc) is 3.46. The Morgan fingerprint density at radius 1 is 1.00 bits per heavy atom. The van der Waals surface area contributed by atoms with Gasteiger partial charge in [-0.25, -0.2) is 4.98 Å². The highest BCUT2D eigenvalue weighted by Crippen LogP contribution is 2.30. The van der Waals surface area contributed by atoms with E-state index >= 15 is 0 Å². The number of carbonyl (C=O) groups excluding carboxylic acids is 2. The highest BCUT2D eigenvalue weighted by Gasteiger charge is 2.14. The van der Waals surface area contributed by atoms with Crippen molar-refractivity contribution in [2.75, 3.05) is 46.4 Å². The topological polar surface area (TPSA) is 88.0 Å². The molecule has 0 saturated heterocycles. The van der Waals surface area contributed by atoms with Gasteiger partial charge in [0, 0.05) is 43.1 Å². The molecule has 0 spiro atoms. The number of nitrogens with one attached hydrogen (secondary N) is 2. The summed E-state index contributed by atoms with van der Waals surface area (Å²) in [5.41, 5.74) is 4.05. The lowest BCUT2D eigenvalue weighted by Gasteiger charge is -2.17. The van der Waals surface area contributed by atoms with Crippen molar-refractivity contribution in [3.8, 4) is 11.3 Å². The molecule has 9 heteroatoms. The molecule has 190 valence electrons. The van der Waals surface area contributed by atoms with E-state index in [4.69, 9.17) is 9.72 Å². The normalized spacial score (nSPS) is 11.4. The molecule has 4 rings (SSSR count). The van der Waals surface area contributed by atoms with Gasteiger partial charge in [0.2, 0.25) is 0 Å². The largest absolute Gasteiger partial charge is 0.383 e. The zero-order valence-corrected chi connectivity index (χ0v) is 21.9. The van der Waals surface area contributed by atoms with E-state index in [1.165, 1.54) is 0 Å². The number of ether oxygens (including phenoxy) is 1. The van der Waals surface area contributed by atoms with Crippen LogP contribution in [0.1, 0.15) is 41.0 Å². The van der Waals surface area contributed by atoms with E-state index in [9.17, 15) is 9.59 Å². The molecule has 2 aromatic carbocycles. The highest BCUT2D eigenvalue weighted by molar-refractivity contribution is 7.23. The first-order valence-corrected chi connectivity index (χ1v) is 13.2. The average molecular weight is 508 g/mol. The molecule has 0 fully saturated rings. The van der Waals surface area contributed by atoms with Gasteiger partial charge >= 0.3 is 0 Å². The molecule has 2 amide bonds. The Balaban J connectivity index is 1.42. The third kappa shape index (κ3) is 5.92. The summed E-state index contributed by atoms with van der Waals surface area (Å²) < 4.78 is 8.03. The number of methoxy groups -OCH3 is 1. The molecule has 8 nitrogen and oxygen atoms in total. The summed E-state index contributed by atoms with van der Waals surface area (Å²) in [6, 6.07) is 13.2. The van der Waals surface area contributed by atoms with Gasteiger partial charge in [0.15, 0.2) is 4.96 Å². The molecule has 2 N–H and O–H groups in total. The van der Waals surface area contributed by atoms with Crippen molar-refractivity contribution in [3.05, 3.63) is 59.8 Å². The minimum atomic E-state index is -0.126. The van der Waals surface area contributed by atoms with Crippen LogP contribution >= 0.6 is 11.3 Å². The number of nitrogens with zero attached hydrogens (tertiary/aromatic N) is 3. The molecule has 2 aromatic heterocycles. The summed E-state index contributed by atoms with van der Waals surface area (Å²) in [6.07, 6.45) is 2.93. The van der Waals surface area contributed by atoms with Gasteiger partial charge in [0.25, 0.3) is 11.8 Å². The second-order valence-electron chi connectivity index (χ2n) is 8.53. The first kappa shape index (κ1) is 25.8. The van der Waals surface area contributed by atoms with Crippen molar-refractivity contribution in [2.24, 2.45) is 0 Å². The molecular weight excluding hydrogens is 474 g/mol. The van der Waals surface area contributed by atoms with Crippen LogP contribution in [-0.2, 0) is 4.74 Å². The fourth-order valence-electron chi connectivity index (χ4n) is 4.09. The van der Waals surface area contributed by atoms with Gasteiger partial charge in [0.05, 0.1) is 22.5 Å². The maximum atomic E-state index is 12.6. The number of thiazole rings is 1. The maximum absolute atomic E-state index is 12.6. The molecule has 0 bridgehead atoms. The summed E-state index contributed by atoms with van der Waals surface area (Å²) in [6.45, 7) is 8.97. The zero-order chi connectivity index (χ0) is 25.5. The van der Waals surface area contributed by atoms with Gasteiger partial charge in [-0.1, -0.05) is 37.3 Å². The van der Waals surface area contributed by atoms with Crippen LogP contribution in [0, 0.1) is 0 Å². The Bertz CT molecular complexity index is 1320. The Kier molecular flexibility index (Phi) is 8.69. The third-order valence-electron chi connectivity index (χ3n) is 6.22. The Morgan fingerprint density at radius 3 is 2.42 bits per heavy atom. The van der Waals surface area contributed by atoms with Crippen LogP contribution in [0.3, 0.4) is 0 Å². The third-order valence-corrected chi connectivity index (χ3v) is 7.24. The maximum Gasteiger partial charge on any atom is 0.251 e. The second kappa shape index (κ2) is 12.1. The van der Waals surface area contributed by atoms with Crippen LogP contribution in [-0.4, -0.2) is 72.5 Å². The SMILES string of the molecule is CCN(CC)CCCNC(=O)c1ccc2c(c1)sc1nc(-c3ccc(C(=O)NCCOC)cc3)cn12. The first-order chi connectivity index (χ1) is 17.5. The first-order valence-electron chi connectivity index (χ1n) is 12.3. The number of hydrogen-bond donors (Lipinski definition) is 2. The number of amides is 2. The molecule has 36 heavy (non-hydrogen) atoms. The van der Waals surface area contributed by atoms with Gasteiger partial charge in [-0.15, -0.1) is 0 Å². The Hall–Kier alpha value is -3.27. The monoisotopic (exact) mass is 507 g/mol. The number of rotatable bonds is 12. The lowest BCUT2D eigenvalue weighted by atomic mass is 10.1. The van der Waals surface area contributed by atoms with Gasteiger partial charge in [-0.3, -0.25) is 14.0 Å². The van der Waals surface area contributed by atoms with Crippen LogP contribution in [0.5, 0.6) is 0 Å². The lowest BCUT2D eigenvalue weighted by Crippen LogP contribution is -2.29. The van der Waals surface area contributed by atoms with Crippen molar-refractivity contribution < 1.29 is 14.3 Å². The minimum absolute atomic E-state index is 0.0467. The van der Waals surface area contributed by atoms with E-state index in [0.29, 0.717) is 30.8 Å². The minimum Gasteiger partial charge on any atom is -0.383 e. The second-order valence-corrected chi connectivity index (χ2v) is 9.53. The molecule has 4 aromatic rings. The Morgan fingerprint density at radius 2 is 1.69 bits per heavy atom. The number of fused-ring (bicyclic) bond motifs is 3. The van der Waals surface area contributed by atoms with E-state index in [2.05, 4.69) is 29.4 Å². The standard InChI is InChI=1S/C27H33N5O3S/c1-4-31(5-2)15-6-13-28-26(34)21-11-12-23-24(17-21)36-27-30-22(18-32(23)27)19-7-9-20(10-8-19)25(33)29-14-16-35-3/h7-12,17-18H,4-6,13-16H2,1-3H3,(H,28,34)(H,29,33). The van der Waals surface area contributed by atoms with Crippen LogP contribution < -0.4 is 10.6 Å². The fourth-order valence-corrected chi connectivity index (χ4v) is 5.14. The fraction of sp³-hybridized carbons (Fsp3) is 0.370. The zero-order valence-electron chi connectivity index (χ0n) is 21.0. The molecule has 0 aliphatic heterocycles. The van der Waals surface area contributed by atoms with Gasteiger partial charge < -0.3 is 20.3 Å². The number of benzene rings is 2. The molecule has 0 aliphatic carbocycles. The molecule has 0 atom stereocenters. The number of aromatic nitrogens is 2. The highest BCUT2D eigenvalue weighted by atomic mass is 32.1. The van der Waals surface area contributed by atoms with E-state index in [-0.39, 0.29) is 11.8 Å². The predicted octanol–water partition coefficient (Wildman–Crippen LogP) is 4.05. The summed E-state index contributed by atoms with van der Waals surface area (Å²) in [4.78, 5) is 32.8. The molecule has 0 saturated carbocycles. The molecule has 0 radical (unpaired) electrons.